The van der Waals surface area contributed by atoms with E-state index in [9.17, 15) is 14.4 Å². The number of ether oxygens (including phenoxy) is 1. The Labute approximate surface area is 194 Å². The first kappa shape index (κ1) is 22.3. The van der Waals surface area contributed by atoms with Crippen molar-refractivity contribution in [2.75, 3.05) is 11.9 Å². The molecular weight excluding hydrogens is 444 g/mol. The lowest BCUT2D eigenvalue weighted by molar-refractivity contribution is -0.116. The predicted molar refractivity (Wildman–Crippen MR) is 127 cm³/mol. The van der Waals surface area contributed by atoms with Crippen LogP contribution < -0.4 is 21.3 Å². The van der Waals surface area contributed by atoms with Gasteiger partial charge in [-0.3, -0.25) is 18.7 Å². The number of nitrogens with zero attached hydrogens (tertiary/aromatic N) is 3. The Morgan fingerprint density at radius 1 is 1.03 bits per heavy atom. The summed E-state index contributed by atoms with van der Waals surface area (Å²) < 4.78 is 7.73. The number of carbonyl (C=O) groups excluding carboxylic acids is 1. The molecule has 2 aromatic heterocycles. The van der Waals surface area contributed by atoms with Crippen LogP contribution in [0.15, 0.2) is 76.4 Å². The van der Waals surface area contributed by atoms with Gasteiger partial charge in [0.2, 0.25) is 5.91 Å². The van der Waals surface area contributed by atoms with Crippen molar-refractivity contribution in [1.82, 2.24) is 14.1 Å². The molecule has 2 aromatic carbocycles. The quantitative estimate of drug-likeness (QED) is 0.453. The highest BCUT2D eigenvalue weighted by atomic mass is 35.5. The van der Waals surface area contributed by atoms with Crippen LogP contribution in [0.3, 0.4) is 0 Å². The second-order valence-electron chi connectivity index (χ2n) is 7.26. The maximum absolute atomic E-state index is 13.3. The number of fused-ring (bicyclic) bond motifs is 1. The van der Waals surface area contributed by atoms with Crippen molar-refractivity contribution in [2.45, 2.75) is 20.0 Å². The minimum Gasteiger partial charge on any atom is -0.494 e. The summed E-state index contributed by atoms with van der Waals surface area (Å²) >= 11 is 5.93. The van der Waals surface area contributed by atoms with E-state index in [-0.39, 0.29) is 18.6 Å². The number of hydrogen-bond acceptors (Lipinski definition) is 5. The Morgan fingerprint density at radius 2 is 1.76 bits per heavy atom. The molecule has 0 bridgehead atoms. The van der Waals surface area contributed by atoms with E-state index in [4.69, 9.17) is 16.3 Å². The van der Waals surface area contributed by atoms with Crippen LogP contribution in [0.5, 0.6) is 5.75 Å². The molecule has 2 heterocycles. The number of hydrogen-bond donors (Lipinski definition) is 1. The lowest BCUT2D eigenvalue weighted by atomic mass is 10.2. The zero-order valence-electron chi connectivity index (χ0n) is 17.8. The second kappa shape index (κ2) is 9.70. The molecule has 0 aliphatic carbocycles. The third-order valence-electron chi connectivity index (χ3n) is 4.99. The van der Waals surface area contributed by atoms with E-state index in [2.05, 4.69) is 10.3 Å². The van der Waals surface area contributed by atoms with Gasteiger partial charge in [0, 0.05) is 16.9 Å². The molecule has 0 fully saturated rings. The molecule has 33 heavy (non-hydrogen) atoms. The highest BCUT2D eigenvalue weighted by Crippen LogP contribution is 2.16. The topological polar surface area (TPSA) is 95.2 Å². The first-order valence-corrected chi connectivity index (χ1v) is 10.7. The molecule has 0 atom stereocenters. The highest BCUT2D eigenvalue weighted by Gasteiger charge is 2.16. The van der Waals surface area contributed by atoms with Crippen LogP contribution in [-0.4, -0.2) is 26.6 Å². The normalized spacial score (nSPS) is 10.8. The summed E-state index contributed by atoms with van der Waals surface area (Å²) in [6.07, 6.45) is 1.48. The van der Waals surface area contributed by atoms with Gasteiger partial charge < -0.3 is 10.1 Å². The second-order valence-corrected chi connectivity index (χ2v) is 7.70. The Hall–Kier alpha value is -3.91. The van der Waals surface area contributed by atoms with E-state index in [1.54, 1.807) is 60.7 Å². The number of pyridine rings is 1. The molecule has 1 N–H and O–H groups in total. The van der Waals surface area contributed by atoms with E-state index in [0.29, 0.717) is 28.6 Å². The molecule has 4 rings (SSSR count). The lowest BCUT2D eigenvalue weighted by Gasteiger charge is -2.14. The molecular formula is C24H21ClN4O4. The zero-order valence-corrected chi connectivity index (χ0v) is 18.6. The van der Waals surface area contributed by atoms with Gasteiger partial charge in [0.25, 0.3) is 5.56 Å². The maximum Gasteiger partial charge on any atom is 0.332 e. The molecule has 8 nitrogen and oxygen atoms in total. The van der Waals surface area contributed by atoms with Crippen molar-refractivity contribution in [1.29, 1.82) is 0 Å². The van der Waals surface area contributed by atoms with Crippen molar-refractivity contribution < 1.29 is 9.53 Å². The summed E-state index contributed by atoms with van der Waals surface area (Å²) in [7, 11) is 0. The Kier molecular flexibility index (Phi) is 6.55. The molecule has 4 aromatic rings. The van der Waals surface area contributed by atoms with Gasteiger partial charge in [0.05, 0.1) is 18.7 Å². The molecule has 0 aliphatic rings. The van der Waals surface area contributed by atoms with Gasteiger partial charge in [0.15, 0.2) is 5.52 Å². The van der Waals surface area contributed by atoms with Crippen LogP contribution in [0.4, 0.5) is 5.69 Å². The van der Waals surface area contributed by atoms with E-state index in [1.807, 2.05) is 6.92 Å². The molecule has 0 saturated carbocycles. The number of anilines is 1. The fraction of sp³-hybridized carbons (Fsp3) is 0.167. The van der Waals surface area contributed by atoms with Crippen LogP contribution in [0.25, 0.3) is 11.0 Å². The molecule has 0 radical (unpaired) electrons. The minimum absolute atomic E-state index is 0.0296. The first-order valence-electron chi connectivity index (χ1n) is 10.3. The average Bonchev–Trinajstić information content (AvgIpc) is 2.82. The van der Waals surface area contributed by atoms with Gasteiger partial charge in [-0.2, -0.15) is 0 Å². The number of carbonyl (C=O) groups is 1. The van der Waals surface area contributed by atoms with Crippen molar-refractivity contribution >= 4 is 34.2 Å². The van der Waals surface area contributed by atoms with Crippen LogP contribution in [0.1, 0.15) is 12.5 Å². The number of nitrogens with one attached hydrogen (secondary N) is 1. The van der Waals surface area contributed by atoms with Gasteiger partial charge in [-0.05, 0) is 61.0 Å². The van der Waals surface area contributed by atoms with Crippen molar-refractivity contribution in [3.63, 3.8) is 0 Å². The Bertz CT molecular complexity index is 1410. The summed E-state index contributed by atoms with van der Waals surface area (Å²) in [5.41, 5.74) is 0.570. The SMILES string of the molecule is CCOc1ccc(NC(=O)Cn2c(=O)n(Cc3ccc(Cl)cc3)c(=O)c3ncccc32)cc1. The number of halogens is 1. The van der Waals surface area contributed by atoms with Gasteiger partial charge in [-0.15, -0.1) is 0 Å². The minimum atomic E-state index is -0.600. The van der Waals surface area contributed by atoms with Crippen LogP contribution in [-0.2, 0) is 17.9 Å². The van der Waals surface area contributed by atoms with Gasteiger partial charge in [-0.1, -0.05) is 23.7 Å². The Balaban J connectivity index is 1.67. The summed E-state index contributed by atoms with van der Waals surface area (Å²) in [5, 5.41) is 3.32. The van der Waals surface area contributed by atoms with Crippen molar-refractivity contribution in [3.8, 4) is 5.75 Å². The lowest BCUT2D eigenvalue weighted by Crippen LogP contribution is -2.42. The third-order valence-corrected chi connectivity index (χ3v) is 5.24. The third kappa shape index (κ3) is 4.96. The zero-order chi connectivity index (χ0) is 23.4. The summed E-state index contributed by atoms with van der Waals surface area (Å²) in [6.45, 7) is 2.18. The van der Waals surface area contributed by atoms with Crippen LogP contribution >= 0.6 is 11.6 Å². The number of amides is 1. The largest absolute Gasteiger partial charge is 0.494 e. The van der Waals surface area contributed by atoms with Gasteiger partial charge in [0.1, 0.15) is 12.3 Å². The van der Waals surface area contributed by atoms with Crippen molar-refractivity contribution in [2.24, 2.45) is 0 Å². The molecule has 1 amide bonds. The maximum atomic E-state index is 13.3. The molecule has 0 saturated heterocycles. The van der Waals surface area contributed by atoms with Gasteiger partial charge in [-0.25, -0.2) is 9.78 Å². The molecule has 168 valence electrons. The highest BCUT2D eigenvalue weighted by molar-refractivity contribution is 6.30. The monoisotopic (exact) mass is 464 g/mol. The van der Waals surface area contributed by atoms with Crippen LogP contribution in [0.2, 0.25) is 5.02 Å². The van der Waals surface area contributed by atoms with E-state index < -0.39 is 17.2 Å². The first-order chi connectivity index (χ1) is 16.0. The molecule has 0 unspecified atom stereocenters. The number of aromatic nitrogens is 3. The summed E-state index contributed by atoms with van der Waals surface area (Å²) in [5.74, 6) is 0.279. The Morgan fingerprint density at radius 3 is 2.45 bits per heavy atom. The summed E-state index contributed by atoms with van der Waals surface area (Å²) in [4.78, 5) is 43.2. The fourth-order valence-corrected chi connectivity index (χ4v) is 3.58. The standard InChI is InChI=1S/C24H21ClN4O4/c1-2-33-19-11-9-18(10-12-19)27-21(30)15-28-20-4-3-13-26-22(20)23(31)29(24(28)32)14-16-5-7-17(25)8-6-16/h3-13H,2,14-15H2,1H3,(H,27,30). The van der Waals surface area contributed by atoms with E-state index in [0.717, 1.165) is 10.1 Å². The van der Waals surface area contributed by atoms with Crippen LogP contribution in [0, 0.1) is 0 Å². The molecule has 0 spiro atoms. The fourth-order valence-electron chi connectivity index (χ4n) is 3.45. The summed E-state index contributed by atoms with van der Waals surface area (Å²) in [6, 6.07) is 17.0. The van der Waals surface area contributed by atoms with E-state index in [1.165, 1.54) is 10.8 Å². The van der Waals surface area contributed by atoms with Gasteiger partial charge >= 0.3 is 5.69 Å². The van der Waals surface area contributed by atoms with Crippen molar-refractivity contribution in [3.05, 3.63) is 98.3 Å². The number of benzene rings is 2. The molecule has 9 heteroatoms. The predicted octanol–water partition coefficient (Wildman–Crippen LogP) is 3.30. The average molecular weight is 465 g/mol. The molecule has 0 aliphatic heterocycles. The number of rotatable bonds is 7. The van der Waals surface area contributed by atoms with E-state index >= 15 is 0 Å². The smallest absolute Gasteiger partial charge is 0.332 e.